The third kappa shape index (κ3) is 24.7. The second-order valence-corrected chi connectivity index (χ2v) is 2.94. The standard InChI is InChI=1S/2C6H11N.ClH/c1-3-5-7-6-4-2;1-3-5-6(7)4-2;/h1,7H,4-6H2,2H3;2,6H,3,5,7H2,1H3;1H. The fraction of sp³-hybridized carbons (Fsp3) is 0.667. The molecule has 0 aromatic rings. The molecule has 0 heterocycles. The van der Waals surface area contributed by atoms with E-state index in [-0.39, 0.29) is 18.4 Å². The molecule has 1 atom stereocenters. The molecule has 88 valence electrons. The largest absolute Gasteiger partial charge is 0.318 e. The lowest BCUT2D eigenvalue weighted by atomic mass is 10.2. The van der Waals surface area contributed by atoms with E-state index in [9.17, 15) is 0 Å². The molecule has 15 heavy (non-hydrogen) atoms. The lowest BCUT2D eigenvalue weighted by molar-refractivity contribution is 0.721. The Morgan fingerprint density at radius 2 is 1.87 bits per heavy atom. The highest BCUT2D eigenvalue weighted by Crippen LogP contribution is 1.88. The Hall–Kier alpha value is -0.670. The van der Waals surface area contributed by atoms with Crippen LogP contribution in [0.1, 0.15) is 33.1 Å². The number of nitrogens with two attached hydrogens (primary N) is 1. The molecule has 0 radical (unpaired) electrons. The first-order chi connectivity index (χ1) is 6.72. The van der Waals surface area contributed by atoms with Crippen LogP contribution in [0.2, 0.25) is 0 Å². The number of nitrogens with one attached hydrogen (secondary N) is 1. The average molecular weight is 231 g/mol. The molecule has 0 aromatic heterocycles. The molecule has 3 heteroatoms. The molecule has 0 spiro atoms. The summed E-state index contributed by atoms with van der Waals surface area (Å²) in [5, 5.41) is 3.05. The van der Waals surface area contributed by atoms with Crippen molar-refractivity contribution in [2.45, 2.75) is 39.2 Å². The minimum Gasteiger partial charge on any atom is -0.318 e. The van der Waals surface area contributed by atoms with E-state index in [1.807, 2.05) is 0 Å². The molecule has 0 fully saturated rings. The van der Waals surface area contributed by atoms with Crippen LogP contribution in [0.25, 0.3) is 0 Å². The van der Waals surface area contributed by atoms with E-state index < -0.39 is 0 Å². The molecule has 0 saturated carbocycles. The minimum atomic E-state index is -0.0231. The Balaban J connectivity index is -0.000000180. The third-order valence-corrected chi connectivity index (χ3v) is 1.47. The van der Waals surface area contributed by atoms with Crippen LogP contribution in [0.15, 0.2) is 0 Å². The highest BCUT2D eigenvalue weighted by atomic mass is 35.5. The second kappa shape index (κ2) is 19.0. The van der Waals surface area contributed by atoms with E-state index in [2.05, 4.69) is 31.0 Å². The number of terminal acetylenes is 2. The normalized spacial score (nSPS) is 9.67. The molecular weight excluding hydrogens is 208 g/mol. The topological polar surface area (TPSA) is 38.0 Å². The summed E-state index contributed by atoms with van der Waals surface area (Å²) in [6.45, 7) is 5.92. The van der Waals surface area contributed by atoms with Crippen molar-refractivity contribution in [2.75, 3.05) is 13.1 Å². The van der Waals surface area contributed by atoms with Gasteiger partial charge in [0.05, 0.1) is 12.6 Å². The van der Waals surface area contributed by atoms with Crippen LogP contribution in [0.4, 0.5) is 0 Å². The van der Waals surface area contributed by atoms with Gasteiger partial charge in [-0.2, -0.15) is 0 Å². The van der Waals surface area contributed by atoms with Crippen molar-refractivity contribution in [1.82, 2.24) is 5.32 Å². The van der Waals surface area contributed by atoms with Gasteiger partial charge >= 0.3 is 0 Å². The lowest BCUT2D eigenvalue weighted by Crippen LogP contribution is -2.15. The van der Waals surface area contributed by atoms with Crippen LogP contribution < -0.4 is 11.1 Å². The molecule has 0 bridgehead atoms. The Kier molecular flexibility index (Phi) is 25.1. The average Bonchev–Trinajstić information content (AvgIpc) is 2.20. The van der Waals surface area contributed by atoms with Crippen LogP contribution in [0, 0.1) is 24.7 Å². The van der Waals surface area contributed by atoms with Crippen molar-refractivity contribution in [3.05, 3.63) is 0 Å². The molecule has 0 rings (SSSR count). The van der Waals surface area contributed by atoms with Crippen LogP contribution in [0.3, 0.4) is 0 Å². The van der Waals surface area contributed by atoms with Crippen LogP contribution in [-0.2, 0) is 0 Å². The predicted molar refractivity (Wildman–Crippen MR) is 71.0 cm³/mol. The number of hydrogen-bond acceptors (Lipinski definition) is 2. The van der Waals surface area contributed by atoms with Crippen LogP contribution in [-0.4, -0.2) is 19.1 Å². The molecule has 3 N–H and O–H groups in total. The van der Waals surface area contributed by atoms with E-state index in [1.165, 1.54) is 0 Å². The highest BCUT2D eigenvalue weighted by molar-refractivity contribution is 5.85. The minimum absolute atomic E-state index is 0. The van der Waals surface area contributed by atoms with Crippen molar-refractivity contribution in [1.29, 1.82) is 0 Å². The molecule has 1 unspecified atom stereocenters. The Morgan fingerprint density at radius 1 is 1.27 bits per heavy atom. The first-order valence-corrected chi connectivity index (χ1v) is 5.08. The van der Waals surface area contributed by atoms with Gasteiger partial charge in [0.1, 0.15) is 0 Å². The van der Waals surface area contributed by atoms with E-state index in [0.29, 0.717) is 6.54 Å². The summed E-state index contributed by atoms with van der Waals surface area (Å²) in [5.74, 6) is 4.94. The maximum Gasteiger partial charge on any atom is 0.0661 e. The summed E-state index contributed by atoms with van der Waals surface area (Å²) in [5.41, 5.74) is 5.35. The first kappa shape index (κ1) is 19.8. The lowest BCUT2D eigenvalue weighted by Gasteiger charge is -1.96. The summed E-state index contributed by atoms with van der Waals surface area (Å²) in [4.78, 5) is 0. The van der Waals surface area contributed by atoms with Crippen molar-refractivity contribution in [3.8, 4) is 24.7 Å². The van der Waals surface area contributed by atoms with E-state index in [0.717, 1.165) is 25.8 Å². The van der Waals surface area contributed by atoms with Crippen LogP contribution in [0.5, 0.6) is 0 Å². The van der Waals surface area contributed by atoms with Gasteiger partial charge in [0.15, 0.2) is 0 Å². The Labute approximate surface area is 101 Å². The van der Waals surface area contributed by atoms with Gasteiger partial charge in [0.25, 0.3) is 0 Å². The zero-order valence-electron chi connectivity index (χ0n) is 9.75. The SMILES string of the molecule is C#CC(N)CCC.C#CCNCCC.Cl. The van der Waals surface area contributed by atoms with E-state index in [4.69, 9.17) is 18.6 Å². The second-order valence-electron chi connectivity index (χ2n) is 2.94. The quantitative estimate of drug-likeness (QED) is 0.558. The Bertz CT molecular complexity index is 179. The molecule has 2 nitrogen and oxygen atoms in total. The van der Waals surface area contributed by atoms with Crippen molar-refractivity contribution in [2.24, 2.45) is 5.73 Å². The van der Waals surface area contributed by atoms with Gasteiger partial charge in [-0.05, 0) is 19.4 Å². The van der Waals surface area contributed by atoms with Gasteiger partial charge in [-0.3, -0.25) is 0 Å². The summed E-state index contributed by atoms with van der Waals surface area (Å²) in [6, 6.07) is -0.0231. The van der Waals surface area contributed by atoms with E-state index >= 15 is 0 Å². The highest BCUT2D eigenvalue weighted by Gasteiger charge is 1.89. The molecule has 0 amide bonds. The van der Waals surface area contributed by atoms with Crippen molar-refractivity contribution < 1.29 is 0 Å². The molecule has 0 aliphatic heterocycles. The third-order valence-electron chi connectivity index (χ3n) is 1.47. The number of hydrogen-bond donors (Lipinski definition) is 2. The van der Waals surface area contributed by atoms with Crippen molar-refractivity contribution >= 4 is 12.4 Å². The first-order valence-electron chi connectivity index (χ1n) is 5.08. The van der Waals surface area contributed by atoms with Gasteiger partial charge in [-0.25, -0.2) is 0 Å². The summed E-state index contributed by atoms with van der Waals surface area (Å²) < 4.78 is 0. The maximum atomic E-state index is 5.35. The fourth-order valence-corrected chi connectivity index (χ4v) is 0.732. The van der Waals surface area contributed by atoms with Crippen molar-refractivity contribution in [3.63, 3.8) is 0 Å². The van der Waals surface area contributed by atoms with Gasteiger partial charge < -0.3 is 11.1 Å². The maximum absolute atomic E-state index is 5.35. The van der Waals surface area contributed by atoms with E-state index in [1.54, 1.807) is 0 Å². The Morgan fingerprint density at radius 3 is 2.13 bits per heavy atom. The molecule has 0 aliphatic rings. The van der Waals surface area contributed by atoms with Gasteiger partial charge in [0.2, 0.25) is 0 Å². The van der Waals surface area contributed by atoms with Crippen LogP contribution >= 0.6 is 12.4 Å². The summed E-state index contributed by atoms with van der Waals surface area (Å²) in [6.07, 6.45) is 13.1. The molecule has 0 aromatic carbocycles. The zero-order valence-corrected chi connectivity index (χ0v) is 10.6. The molecular formula is C12H23ClN2. The summed E-state index contributed by atoms with van der Waals surface area (Å²) in [7, 11) is 0. The van der Waals surface area contributed by atoms with Gasteiger partial charge in [-0.1, -0.05) is 32.1 Å². The number of rotatable bonds is 5. The predicted octanol–water partition coefficient (Wildman–Crippen LogP) is 1.79. The molecule has 0 aliphatic carbocycles. The summed E-state index contributed by atoms with van der Waals surface area (Å²) >= 11 is 0. The van der Waals surface area contributed by atoms with Gasteiger partial charge in [0, 0.05) is 0 Å². The van der Waals surface area contributed by atoms with Gasteiger partial charge in [-0.15, -0.1) is 25.3 Å². The smallest absolute Gasteiger partial charge is 0.0661 e. The molecule has 0 saturated heterocycles. The fourth-order valence-electron chi connectivity index (χ4n) is 0.732. The zero-order chi connectivity index (χ0) is 11.2. The number of halogens is 1. The monoisotopic (exact) mass is 230 g/mol.